The smallest absolute Gasteiger partial charge is 0.287 e. The monoisotopic (exact) mass is 487 g/mol. The second-order valence-corrected chi connectivity index (χ2v) is 7.77. The second kappa shape index (κ2) is 12.0. The summed E-state index contributed by atoms with van der Waals surface area (Å²) in [4.78, 5) is 39.4. The van der Waals surface area contributed by atoms with Crippen LogP contribution in [0, 0.1) is 10.1 Å². The Balaban J connectivity index is 1.23. The number of pyridine rings is 1. The molecule has 12 heteroatoms. The van der Waals surface area contributed by atoms with E-state index < -0.39 is 4.92 Å². The minimum atomic E-state index is -0.489. The van der Waals surface area contributed by atoms with Crippen LogP contribution in [0.5, 0.6) is 0 Å². The van der Waals surface area contributed by atoms with E-state index in [4.69, 9.17) is 0 Å². The minimum absolute atomic E-state index is 0.0563. The number of amides is 1. The molecule has 0 atom stereocenters. The Bertz CT molecular complexity index is 1280. The summed E-state index contributed by atoms with van der Waals surface area (Å²) < 4.78 is 1.97. The highest BCUT2D eigenvalue weighted by molar-refractivity contribution is 5.94. The van der Waals surface area contributed by atoms with Crippen LogP contribution in [-0.4, -0.2) is 55.0 Å². The molecule has 0 fully saturated rings. The molecular weight excluding hydrogens is 462 g/mol. The number of nitrogens with one attached hydrogen (secondary N) is 3. The summed E-state index contributed by atoms with van der Waals surface area (Å²) in [6, 6.07) is 12.0. The Labute approximate surface area is 207 Å². The van der Waals surface area contributed by atoms with Gasteiger partial charge in [0.1, 0.15) is 12.0 Å². The highest BCUT2D eigenvalue weighted by Crippen LogP contribution is 2.18. The fourth-order valence-corrected chi connectivity index (χ4v) is 3.35. The van der Waals surface area contributed by atoms with Crippen molar-refractivity contribution in [1.29, 1.82) is 0 Å². The predicted octanol–water partition coefficient (Wildman–Crippen LogP) is 2.99. The summed E-state index contributed by atoms with van der Waals surface area (Å²) in [5, 5.41) is 19.8. The van der Waals surface area contributed by atoms with Crippen LogP contribution in [0.25, 0.3) is 11.3 Å². The summed E-state index contributed by atoms with van der Waals surface area (Å²) in [5.74, 6) is 0.886. The summed E-state index contributed by atoms with van der Waals surface area (Å²) in [5.41, 5.74) is 2.12. The van der Waals surface area contributed by atoms with Gasteiger partial charge >= 0.3 is 0 Å². The van der Waals surface area contributed by atoms with Gasteiger partial charge in [0.2, 0.25) is 5.95 Å². The third-order valence-corrected chi connectivity index (χ3v) is 5.21. The lowest BCUT2D eigenvalue weighted by Crippen LogP contribution is -2.25. The van der Waals surface area contributed by atoms with E-state index >= 15 is 0 Å². The van der Waals surface area contributed by atoms with E-state index in [2.05, 4.69) is 35.9 Å². The highest BCUT2D eigenvalue weighted by atomic mass is 16.6. The number of imidazole rings is 1. The SMILES string of the molecule is O=C(NCCCn1ccnc1)c1ccc(-c2ccnc(NCCNc3ccc([N+](=O)[O-])cn3)n2)cc1. The van der Waals surface area contributed by atoms with Crippen LogP contribution in [0.4, 0.5) is 17.5 Å². The number of benzene rings is 1. The molecule has 1 aromatic carbocycles. The van der Waals surface area contributed by atoms with Gasteiger partial charge in [0.05, 0.1) is 16.9 Å². The number of hydrogen-bond donors (Lipinski definition) is 3. The molecule has 0 aliphatic carbocycles. The van der Waals surface area contributed by atoms with E-state index in [0.29, 0.717) is 37.0 Å². The summed E-state index contributed by atoms with van der Waals surface area (Å²) in [6.45, 7) is 2.41. The van der Waals surface area contributed by atoms with Crippen LogP contribution in [0.1, 0.15) is 16.8 Å². The third kappa shape index (κ3) is 6.82. The normalized spacial score (nSPS) is 10.6. The Kier molecular flexibility index (Phi) is 8.10. The second-order valence-electron chi connectivity index (χ2n) is 7.77. The van der Waals surface area contributed by atoms with E-state index in [-0.39, 0.29) is 11.6 Å². The van der Waals surface area contributed by atoms with Crippen LogP contribution in [-0.2, 0) is 6.54 Å². The average Bonchev–Trinajstić information content (AvgIpc) is 3.43. The first kappa shape index (κ1) is 24.3. The van der Waals surface area contributed by atoms with Crippen molar-refractivity contribution < 1.29 is 9.72 Å². The molecule has 0 aliphatic heterocycles. The fraction of sp³-hybridized carbons (Fsp3) is 0.208. The first-order valence-electron chi connectivity index (χ1n) is 11.3. The number of carbonyl (C=O) groups excluding carboxylic acids is 1. The zero-order valence-electron chi connectivity index (χ0n) is 19.4. The van der Waals surface area contributed by atoms with Gasteiger partial charge in [0.15, 0.2) is 0 Å². The molecule has 0 saturated heterocycles. The molecule has 3 N–H and O–H groups in total. The van der Waals surface area contributed by atoms with Crippen molar-refractivity contribution in [3.63, 3.8) is 0 Å². The number of rotatable bonds is 12. The van der Waals surface area contributed by atoms with Gasteiger partial charge in [-0.3, -0.25) is 14.9 Å². The van der Waals surface area contributed by atoms with E-state index in [1.165, 1.54) is 12.3 Å². The molecule has 1 amide bonds. The lowest BCUT2D eigenvalue weighted by molar-refractivity contribution is -0.385. The van der Waals surface area contributed by atoms with Gasteiger partial charge < -0.3 is 20.5 Å². The molecule has 184 valence electrons. The maximum Gasteiger partial charge on any atom is 0.287 e. The van der Waals surface area contributed by atoms with Crippen molar-refractivity contribution in [2.75, 3.05) is 30.3 Å². The Hall–Kier alpha value is -4.87. The summed E-state index contributed by atoms with van der Waals surface area (Å²) in [7, 11) is 0. The van der Waals surface area contributed by atoms with E-state index in [0.717, 1.165) is 24.2 Å². The number of nitrogens with zero attached hydrogens (tertiary/aromatic N) is 6. The zero-order chi connectivity index (χ0) is 25.2. The first-order chi connectivity index (χ1) is 17.6. The molecule has 0 aliphatic rings. The van der Waals surface area contributed by atoms with Gasteiger partial charge in [-0.2, -0.15) is 0 Å². The predicted molar refractivity (Wildman–Crippen MR) is 135 cm³/mol. The van der Waals surface area contributed by atoms with E-state index in [9.17, 15) is 14.9 Å². The third-order valence-electron chi connectivity index (χ3n) is 5.21. The molecule has 0 saturated carbocycles. The zero-order valence-corrected chi connectivity index (χ0v) is 19.4. The number of nitro groups is 1. The van der Waals surface area contributed by atoms with Gasteiger partial charge in [0, 0.05) is 62.0 Å². The van der Waals surface area contributed by atoms with Crippen molar-refractivity contribution in [3.05, 3.63) is 89.3 Å². The maximum atomic E-state index is 12.4. The van der Waals surface area contributed by atoms with E-state index in [1.807, 2.05) is 22.9 Å². The van der Waals surface area contributed by atoms with Crippen molar-refractivity contribution in [2.24, 2.45) is 0 Å². The molecule has 3 aromatic heterocycles. The van der Waals surface area contributed by atoms with Gasteiger partial charge in [-0.05, 0) is 30.7 Å². The summed E-state index contributed by atoms with van der Waals surface area (Å²) in [6.07, 6.45) is 9.07. The lowest BCUT2D eigenvalue weighted by Gasteiger charge is -2.09. The molecule has 36 heavy (non-hydrogen) atoms. The quantitative estimate of drug-likeness (QED) is 0.155. The van der Waals surface area contributed by atoms with Crippen molar-refractivity contribution >= 4 is 23.4 Å². The molecule has 3 heterocycles. The first-order valence-corrected chi connectivity index (χ1v) is 11.3. The van der Waals surface area contributed by atoms with Crippen LogP contribution in [0.2, 0.25) is 0 Å². The van der Waals surface area contributed by atoms with Gasteiger partial charge in [-0.15, -0.1) is 0 Å². The molecule has 0 bridgehead atoms. The number of carbonyl (C=O) groups is 1. The number of hydrogen-bond acceptors (Lipinski definition) is 9. The highest BCUT2D eigenvalue weighted by Gasteiger charge is 2.08. The largest absolute Gasteiger partial charge is 0.368 e. The Morgan fingerprint density at radius 1 is 0.972 bits per heavy atom. The maximum absolute atomic E-state index is 12.4. The van der Waals surface area contributed by atoms with Gasteiger partial charge in [-0.1, -0.05) is 12.1 Å². The topological polar surface area (TPSA) is 153 Å². The Morgan fingerprint density at radius 3 is 2.53 bits per heavy atom. The van der Waals surface area contributed by atoms with Crippen LogP contribution < -0.4 is 16.0 Å². The number of aromatic nitrogens is 5. The van der Waals surface area contributed by atoms with Gasteiger partial charge in [-0.25, -0.2) is 19.9 Å². The molecule has 4 aromatic rings. The number of aryl methyl sites for hydroxylation is 1. The Morgan fingerprint density at radius 2 is 1.81 bits per heavy atom. The van der Waals surface area contributed by atoms with Crippen molar-refractivity contribution in [1.82, 2.24) is 29.8 Å². The van der Waals surface area contributed by atoms with Crippen LogP contribution >= 0.6 is 0 Å². The van der Waals surface area contributed by atoms with Gasteiger partial charge in [0.25, 0.3) is 11.6 Å². The van der Waals surface area contributed by atoms with E-state index in [1.54, 1.807) is 43.0 Å². The average molecular weight is 488 g/mol. The summed E-state index contributed by atoms with van der Waals surface area (Å²) >= 11 is 0. The van der Waals surface area contributed by atoms with Crippen LogP contribution in [0.3, 0.4) is 0 Å². The molecule has 0 spiro atoms. The molecule has 0 unspecified atom stereocenters. The number of anilines is 2. The standard InChI is InChI=1S/C24H25N9O3/c34-23(27-9-1-14-32-15-13-25-17-32)19-4-2-18(3-5-19)21-8-10-28-24(31-21)29-12-11-26-22-7-6-20(16-30-22)33(35)36/h2-8,10,13,15-17H,1,9,11-12,14H2,(H,26,30)(H,27,34)(H,28,29,31). The fourth-order valence-electron chi connectivity index (χ4n) is 3.35. The molecule has 0 radical (unpaired) electrons. The van der Waals surface area contributed by atoms with Crippen molar-refractivity contribution in [2.45, 2.75) is 13.0 Å². The molecule has 4 rings (SSSR count). The van der Waals surface area contributed by atoms with Crippen LogP contribution in [0.15, 0.2) is 73.6 Å². The van der Waals surface area contributed by atoms with Crippen molar-refractivity contribution in [3.8, 4) is 11.3 Å². The molecule has 12 nitrogen and oxygen atoms in total. The lowest BCUT2D eigenvalue weighted by atomic mass is 10.1. The molecular formula is C24H25N9O3. The minimum Gasteiger partial charge on any atom is -0.368 e.